The Morgan fingerprint density at radius 2 is 1.54 bits per heavy atom. The first-order valence-corrected chi connectivity index (χ1v) is 10.2. The largest absolute Gasteiger partial charge is 0.289 e. The smallest absolute Gasteiger partial charge is 0.243 e. The van der Waals surface area contributed by atoms with Gasteiger partial charge in [0.25, 0.3) is 0 Å². The Kier molecular flexibility index (Phi) is 7.62. The monoisotopic (exact) mass is 376 g/mol. The molecule has 0 aliphatic rings. The van der Waals surface area contributed by atoms with Gasteiger partial charge in [-0.2, -0.15) is 0 Å². The van der Waals surface area contributed by atoms with Crippen molar-refractivity contribution in [1.29, 1.82) is 0 Å². The highest BCUT2D eigenvalue weighted by molar-refractivity contribution is 7.92. The van der Waals surface area contributed by atoms with Gasteiger partial charge in [-0.05, 0) is 30.5 Å². The van der Waals surface area contributed by atoms with E-state index < -0.39 is 15.9 Å². The summed E-state index contributed by atoms with van der Waals surface area (Å²) in [5.41, 5.74) is 3.13. The molecule has 0 bridgehead atoms. The minimum absolute atomic E-state index is 0.00940. The molecule has 7 heteroatoms. The number of sulfonamides is 1. The standard InChI is InChI=1S/C19H24N2O4S/c22-19(20-23)14-8-3-9-15-26(24,25)21(18-12-6-2-7-13-18)16-17-10-4-1-5-11-17/h1-2,4-7,10-13,23H,3,8-9,14-16H2,(H,20,22). The fraction of sp³-hybridized carbons (Fsp3) is 0.316. The van der Waals surface area contributed by atoms with Crippen LogP contribution in [0.5, 0.6) is 0 Å². The predicted octanol–water partition coefficient (Wildman–Crippen LogP) is 3.09. The highest BCUT2D eigenvalue weighted by Gasteiger charge is 2.22. The van der Waals surface area contributed by atoms with E-state index in [0.717, 1.165) is 5.56 Å². The van der Waals surface area contributed by atoms with Gasteiger partial charge in [-0.3, -0.25) is 14.3 Å². The van der Waals surface area contributed by atoms with E-state index >= 15 is 0 Å². The third-order valence-corrected chi connectivity index (χ3v) is 5.80. The number of nitrogens with one attached hydrogen (secondary N) is 1. The SMILES string of the molecule is O=C(CCCCCS(=O)(=O)N(Cc1ccccc1)c1ccccc1)NO. The van der Waals surface area contributed by atoms with Crippen molar-refractivity contribution in [3.8, 4) is 0 Å². The zero-order valence-corrected chi connectivity index (χ0v) is 15.4. The first-order valence-electron chi connectivity index (χ1n) is 8.55. The summed E-state index contributed by atoms with van der Waals surface area (Å²) in [6, 6.07) is 18.5. The maximum Gasteiger partial charge on any atom is 0.243 e. The Bertz CT molecular complexity index is 780. The first-order chi connectivity index (χ1) is 12.5. The zero-order valence-electron chi connectivity index (χ0n) is 14.5. The fourth-order valence-corrected chi connectivity index (χ4v) is 4.18. The number of carbonyl (C=O) groups is 1. The van der Waals surface area contributed by atoms with E-state index in [4.69, 9.17) is 5.21 Å². The van der Waals surface area contributed by atoms with E-state index in [1.165, 1.54) is 4.31 Å². The van der Waals surface area contributed by atoms with Crippen molar-refractivity contribution in [1.82, 2.24) is 5.48 Å². The summed E-state index contributed by atoms with van der Waals surface area (Å²) < 4.78 is 27.2. The van der Waals surface area contributed by atoms with Crippen molar-refractivity contribution < 1.29 is 18.4 Å². The summed E-state index contributed by atoms with van der Waals surface area (Å²) >= 11 is 0. The molecule has 0 heterocycles. The van der Waals surface area contributed by atoms with Crippen molar-refractivity contribution in [3.63, 3.8) is 0 Å². The second kappa shape index (κ2) is 9.94. The molecule has 26 heavy (non-hydrogen) atoms. The lowest BCUT2D eigenvalue weighted by Gasteiger charge is -2.24. The number of unbranched alkanes of at least 4 members (excludes halogenated alkanes) is 2. The van der Waals surface area contributed by atoms with Gasteiger partial charge in [-0.25, -0.2) is 13.9 Å². The van der Waals surface area contributed by atoms with Crippen LogP contribution in [-0.4, -0.2) is 25.3 Å². The van der Waals surface area contributed by atoms with E-state index in [-0.39, 0.29) is 18.7 Å². The number of amides is 1. The lowest BCUT2D eigenvalue weighted by molar-refractivity contribution is -0.129. The summed E-state index contributed by atoms with van der Waals surface area (Å²) in [4.78, 5) is 11.0. The molecular weight excluding hydrogens is 352 g/mol. The van der Waals surface area contributed by atoms with Crippen molar-refractivity contribution in [2.45, 2.75) is 32.2 Å². The van der Waals surface area contributed by atoms with E-state index in [2.05, 4.69) is 0 Å². The minimum Gasteiger partial charge on any atom is -0.289 e. The summed E-state index contributed by atoms with van der Waals surface area (Å²) in [7, 11) is -3.50. The maximum atomic E-state index is 12.9. The van der Waals surface area contributed by atoms with E-state index in [1.807, 2.05) is 48.5 Å². The molecule has 0 aliphatic heterocycles. The van der Waals surface area contributed by atoms with Gasteiger partial charge < -0.3 is 0 Å². The molecule has 0 radical (unpaired) electrons. The van der Waals surface area contributed by atoms with E-state index in [0.29, 0.717) is 24.9 Å². The first kappa shape index (κ1) is 19.9. The average molecular weight is 376 g/mol. The van der Waals surface area contributed by atoms with Crippen LogP contribution in [0.4, 0.5) is 5.69 Å². The van der Waals surface area contributed by atoms with Gasteiger partial charge in [0.1, 0.15) is 0 Å². The molecule has 2 N–H and O–H groups in total. The highest BCUT2D eigenvalue weighted by atomic mass is 32.2. The molecule has 0 aliphatic carbocycles. The number of rotatable bonds is 10. The number of para-hydroxylation sites is 1. The molecule has 140 valence electrons. The number of anilines is 1. The third kappa shape index (κ3) is 6.16. The Labute approximate surface area is 154 Å². The third-order valence-electron chi connectivity index (χ3n) is 3.98. The molecule has 2 aromatic rings. The van der Waals surface area contributed by atoms with Crippen molar-refractivity contribution >= 4 is 21.6 Å². The van der Waals surface area contributed by atoms with Crippen LogP contribution in [0.25, 0.3) is 0 Å². The quantitative estimate of drug-likeness (QED) is 0.379. The number of nitrogens with zero attached hydrogens (tertiary/aromatic N) is 1. The molecule has 2 aromatic carbocycles. The molecule has 0 saturated carbocycles. The van der Waals surface area contributed by atoms with Crippen LogP contribution in [0.15, 0.2) is 60.7 Å². The average Bonchev–Trinajstić information content (AvgIpc) is 2.67. The highest BCUT2D eigenvalue weighted by Crippen LogP contribution is 2.22. The van der Waals surface area contributed by atoms with Crippen LogP contribution >= 0.6 is 0 Å². The van der Waals surface area contributed by atoms with Gasteiger partial charge in [0.15, 0.2) is 0 Å². The van der Waals surface area contributed by atoms with Crippen LogP contribution in [0.3, 0.4) is 0 Å². The fourth-order valence-electron chi connectivity index (χ4n) is 2.61. The van der Waals surface area contributed by atoms with Crippen LogP contribution in [0.2, 0.25) is 0 Å². The maximum absolute atomic E-state index is 12.9. The molecule has 0 fully saturated rings. The van der Waals surface area contributed by atoms with Gasteiger partial charge in [0.2, 0.25) is 15.9 Å². The summed E-state index contributed by atoms with van der Waals surface area (Å²) in [6.45, 7) is 0.278. The van der Waals surface area contributed by atoms with Crippen molar-refractivity contribution in [2.75, 3.05) is 10.1 Å². The Morgan fingerprint density at radius 1 is 0.923 bits per heavy atom. The molecule has 1 amide bonds. The zero-order chi connectivity index (χ0) is 18.8. The van der Waals surface area contributed by atoms with Crippen molar-refractivity contribution in [2.24, 2.45) is 0 Å². The second-order valence-electron chi connectivity index (χ2n) is 5.99. The van der Waals surface area contributed by atoms with Crippen molar-refractivity contribution in [3.05, 3.63) is 66.2 Å². The van der Waals surface area contributed by atoms with Gasteiger partial charge in [0, 0.05) is 6.42 Å². The van der Waals surface area contributed by atoms with Crippen LogP contribution in [-0.2, 0) is 21.4 Å². The predicted molar refractivity (Wildman–Crippen MR) is 101 cm³/mol. The Balaban J connectivity index is 2.04. The van der Waals surface area contributed by atoms with Gasteiger partial charge in [-0.1, -0.05) is 55.0 Å². The number of hydrogen-bond acceptors (Lipinski definition) is 4. The molecule has 0 atom stereocenters. The second-order valence-corrected chi connectivity index (χ2v) is 8.00. The Hall–Kier alpha value is -2.38. The number of carbonyl (C=O) groups excluding carboxylic acids is 1. The van der Waals surface area contributed by atoms with Crippen LogP contribution in [0, 0.1) is 0 Å². The molecule has 0 saturated heterocycles. The Morgan fingerprint density at radius 3 is 2.15 bits per heavy atom. The van der Waals surface area contributed by atoms with Crippen LogP contribution < -0.4 is 9.79 Å². The number of hydroxylamine groups is 1. The minimum atomic E-state index is -3.50. The molecule has 0 unspecified atom stereocenters. The molecule has 6 nitrogen and oxygen atoms in total. The number of hydrogen-bond donors (Lipinski definition) is 2. The molecule has 0 spiro atoms. The van der Waals surface area contributed by atoms with Crippen LogP contribution in [0.1, 0.15) is 31.2 Å². The van der Waals surface area contributed by atoms with Gasteiger partial charge in [-0.15, -0.1) is 0 Å². The summed E-state index contributed by atoms with van der Waals surface area (Å²) in [6.07, 6.45) is 1.77. The van der Waals surface area contributed by atoms with Gasteiger partial charge >= 0.3 is 0 Å². The van der Waals surface area contributed by atoms with Gasteiger partial charge in [0.05, 0.1) is 18.0 Å². The van der Waals surface area contributed by atoms with E-state index in [9.17, 15) is 13.2 Å². The van der Waals surface area contributed by atoms with E-state index in [1.54, 1.807) is 17.6 Å². The molecular formula is C19H24N2O4S. The lowest BCUT2D eigenvalue weighted by Crippen LogP contribution is -2.32. The summed E-state index contributed by atoms with van der Waals surface area (Å²) in [5, 5.41) is 8.46. The topological polar surface area (TPSA) is 86.7 Å². The normalized spacial score (nSPS) is 11.1. The summed E-state index contributed by atoms with van der Waals surface area (Å²) in [5.74, 6) is -0.446. The molecule has 2 rings (SSSR count). The molecule has 0 aromatic heterocycles. The number of benzene rings is 2. The lowest BCUT2D eigenvalue weighted by atomic mass is 10.2.